The van der Waals surface area contributed by atoms with E-state index in [0.29, 0.717) is 28.1 Å². The molecule has 2 aromatic carbocycles. The van der Waals surface area contributed by atoms with Crippen molar-refractivity contribution in [2.45, 2.75) is 13.3 Å². The topological polar surface area (TPSA) is 66.2 Å². The fourth-order valence-electron chi connectivity index (χ4n) is 3.13. The molecule has 0 radical (unpaired) electrons. The summed E-state index contributed by atoms with van der Waals surface area (Å²) in [7, 11) is 0. The average Bonchev–Trinajstić information content (AvgIpc) is 3.27. The Balaban J connectivity index is 1.77. The van der Waals surface area contributed by atoms with Crippen LogP contribution in [-0.4, -0.2) is 16.1 Å². The Morgan fingerprint density at radius 1 is 1.15 bits per heavy atom. The van der Waals surface area contributed by atoms with E-state index in [2.05, 4.69) is 4.98 Å². The summed E-state index contributed by atoms with van der Waals surface area (Å²) >= 11 is 6.09. The molecule has 2 N–H and O–H groups in total. The third-order valence-electron chi connectivity index (χ3n) is 4.52. The van der Waals surface area contributed by atoms with Gasteiger partial charge in [0.2, 0.25) is 0 Å². The Morgan fingerprint density at radius 2 is 1.85 bits per heavy atom. The molecule has 0 saturated carbocycles. The van der Waals surface area contributed by atoms with Crippen LogP contribution in [0.5, 0.6) is 0 Å². The second kappa shape index (κ2) is 6.59. The van der Waals surface area contributed by atoms with Gasteiger partial charge in [-0.25, -0.2) is 9.18 Å². The predicted octanol–water partition coefficient (Wildman–Crippen LogP) is 6.15. The lowest BCUT2D eigenvalue weighted by Gasteiger charge is -2.00. The maximum absolute atomic E-state index is 14.9. The molecule has 0 amide bonds. The number of rotatable bonds is 4. The van der Waals surface area contributed by atoms with E-state index >= 15 is 0 Å². The molecule has 0 spiro atoms. The van der Waals surface area contributed by atoms with Gasteiger partial charge in [0.1, 0.15) is 5.58 Å². The van der Waals surface area contributed by atoms with Crippen LogP contribution in [0.4, 0.5) is 4.39 Å². The quantitative estimate of drug-likeness (QED) is 0.444. The first-order valence-corrected chi connectivity index (χ1v) is 8.79. The van der Waals surface area contributed by atoms with Gasteiger partial charge >= 0.3 is 5.97 Å². The van der Waals surface area contributed by atoms with E-state index in [1.54, 1.807) is 36.4 Å². The van der Waals surface area contributed by atoms with Crippen LogP contribution in [0.15, 0.2) is 52.9 Å². The number of benzene rings is 2. The van der Waals surface area contributed by atoms with Crippen LogP contribution >= 0.6 is 11.6 Å². The van der Waals surface area contributed by atoms with Crippen molar-refractivity contribution < 1.29 is 18.7 Å². The van der Waals surface area contributed by atoms with Crippen molar-refractivity contribution in [2.75, 3.05) is 0 Å². The molecule has 6 heteroatoms. The van der Waals surface area contributed by atoms with Gasteiger partial charge in [0.05, 0.1) is 16.6 Å². The number of aryl methyl sites for hydroxylation is 1. The van der Waals surface area contributed by atoms with Gasteiger partial charge < -0.3 is 14.5 Å². The van der Waals surface area contributed by atoms with E-state index < -0.39 is 11.8 Å². The number of carboxylic acids is 1. The second-order valence-electron chi connectivity index (χ2n) is 6.21. The van der Waals surface area contributed by atoms with Crippen LogP contribution in [-0.2, 0) is 6.42 Å². The van der Waals surface area contributed by atoms with Gasteiger partial charge in [-0.2, -0.15) is 0 Å². The zero-order valence-electron chi connectivity index (χ0n) is 14.3. The Hall–Kier alpha value is -3.05. The highest BCUT2D eigenvalue weighted by molar-refractivity contribution is 6.31. The maximum atomic E-state index is 14.9. The molecule has 27 heavy (non-hydrogen) atoms. The summed E-state index contributed by atoms with van der Waals surface area (Å²) in [5, 5.41) is 9.82. The van der Waals surface area contributed by atoms with Crippen LogP contribution in [0, 0.1) is 5.82 Å². The molecule has 0 aliphatic carbocycles. The molecule has 0 atom stereocenters. The number of halogens is 2. The van der Waals surface area contributed by atoms with Crippen LogP contribution in [0.1, 0.15) is 22.8 Å². The average molecular weight is 384 g/mol. The van der Waals surface area contributed by atoms with Gasteiger partial charge in [-0.3, -0.25) is 0 Å². The van der Waals surface area contributed by atoms with E-state index in [-0.39, 0.29) is 11.3 Å². The lowest BCUT2D eigenvalue weighted by Crippen LogP contribution is -1.94. The van der Waals surface area contributed by atoms with E-state index in [1.165, 1.54) is 12.1 Å². The molecule has 4 nitrogen and oxygen atoms in total. The SMILES string of the molecule is CCc1cc(Cl)cc2c(F)c(-c3ccc(-c4ccc(C(=O)O)cc4)[nH]3)oc12. The first-order valence-electron chi connectivity index (χ1n) is 8.41. The number of carbonyl (C=O) groups is 1. The molecule has 4 aromatic rings. The van der Waals surface area contributed by atoms with Gasteiger partial charge in [0.25, 0.3) is 0 Å². The number of aromatic amines is 1. The van der Waals surface area contributed by atoms with Crippen molar-refractivity contribution in [1.82, 2.24) is 4.98 Å². The molecule has 0 aliphatic rings. The number of aromatic nitrogens is 1. The lowest BCUT2D eigenvalue weighted by molar-refractivity contribution is 0.0697. The Morgan fingerprint density at radius 3 is 2.52 bits per heavy atom. The number of carboxylic acid groups (broad SMARTS) is 1. The zero-order valence-corrected chi connectivity index (χ0v) is 15.1. The van der Waals surface area contributed by atoms with Gasteiger partial charge in [0, 0.05) is 10.7 Å². The molecule has 2 heterocycles. The highest BCUT2D eigenvalue weighted by atomic mass is 35.5. The molecule has 0 bridgehead atoms. The fraction of sp³-hybridized carbons (Fsp3) is 0.0952. The Bertz CT molecular complexity index is 1160. The summed E-state index contributed by atoms with van der Waals surface area (Å²) in [6, 6.07) is 13.3. The van der Waals surface area contributed by atoms with Crippen LogP contribution in [0.2, 0.25) is 5.02 Å². The third-order valence-corrected chi connectivity index (χ3v) is 4.74. The molecule has 4 rings (SSSR count). The minimum Gasteiger partial charge on any atom is -0.478 e. The largest absolute Gasteiger partial charge is 0.478 e. The molecule has 0 fully saturated rings. The number of hydrogen-bond donors (Lipinski definition) is 2. The van der Waals surface area contributed by atoms with Gasteiger partial charge in [-0.1, -0.05) is 30.7 Å². The standard InChI is InChI=1S/C21H15ClFNO3/c1-2-11-9-14(22)10-15-18(23)20(27-19(11)15)17-8-7-16(24-17)12-3-5-13(6-4-12)21(25)26/h3-10,24H,2H2,1H3,(H,25,26). The third kappa shape index (κ3) is 3.00. The summed E-state index contributed by atoms with van der Waals surface area (Å²) in [6.45, 7) is 1.96. The van der Waals surface area contributed by atoms with Gasteiger partial charge in [0.15, 0.2) is 11.6 Å². The van der Waals surface area contributed by atoms with Crippen molar-refractivity contribution in [3.05, 3.63) is 70.5 Å². The van der Waals surface area contributed by atoms with E-state index in [9.17, 15) is 9.18 Å². The predicted molar refractivity (Wildman–Crippen MR) is 103 cm³/mol. The smallest absolute Gasteiger partial charge is 0.335 e. The normalized spacial score (nSPS) is 11.2. The first-order chi connectivity index (χ1) is 13.0. The molecule has 0 aliphatic heterocycles. The summed E-state index contributed by atoms with van der Waals surface area (Å²) in [6.07, 6.45) is 0.676. The molecule has 136 valence electrons. The van der Waals surface area contributed by atoms with Crippen LogP contribution in [0.3, 0.4) is 0 Å². The molecule has 0 saturated heterocycles. The first kappa shape index (κ1) is 17.4. The summed E-state index contributed by atoms with van der Waals surface area (Å²) in [4.78, 5) is 14.1. The maximum Gasteiger partial charge on any atom is 0.335 e. The fourth-order valence-corrected chi connectivity index (χ4v) is 3.37. The number of nitrogens with one attached hydrogen (secondary N) is 1. The van der Waals surface area contributed by atoms with E-state index in [1.807, 2.05) is 6.92 Å². The van der Waals surface area contributed by atoms with Gasteiger partial charge in [-0.05, 0) is 53.9 Å². The summed E-state index contributed by atoms with van der Waals surface area (Å²) < 4.78 is 20.7. The number of H-pyrrole nitrogens is 1. The van der Waals surface area contributed by atoms with Crippen molar-refractivity contribution in [2.24, 2.45) is 0 Å². The van der Waals surface area contributed by atoms with Crippen LogP contribution < -0.4 is 0 Å². The second-order valence-corrected chi connectivity index (χ2v) is 6.64. The van der Waals surface area contributed by atoms with Crippen LogP contribution in [0.25, 0.3) is 33.7 Å². The monoisotopic (exact) mass is 383 g/mol. The summed E-state index contributed by atoms with van der Waals surface area (Å²) in [5.74, 6) is -1.32. The van der Waals surface area contributed by atoms with Crippen molar-refractivity contribution >= 4 is 28.5 Å². The molecular formula is C21H15ClFNO3. The van der Waals surface area contributed by atoms with E-state index in [0.717, 1.165) is 16.8 Å². The Labute approximate surface area is 159 Å². The zero-order chi connectivity index (χ0) is 19.1. The highest BCUT2D eigenvalue weighted by Crippen LogP contribution is 2.36. The lowest BCUT2D eigenvalue weighted by atomic mass is 10.1. The minimum atomic E-state index is -0.983. The van der Waals surface area contributed by atoms with Crippen molar-refractivity contribution in [3.63, 3.8) is 0 Å². The minimum absolute atomic E-state index is 0.121. The number of hydrogen-bond acceptors (Lipinski definition) is 2. The molecular weight excluding hydrogens is 369 g/mol. The van der Waals surface area contributed by atoms with E-state index in [4.69, 9.17) is 21.1 Å². The number of furan rings is 1. The number of aromatic carboxylic acids is 1. The molecule has 0 unspecified atom stereocenters. The van der Waals surface area contributed by atoms with Crippen molar-refractivity contribution in [1.29, 1.82) is 0 Å². The van der Waals surface area contributed by atoms with Gasteiger partial charge in [-0.15, -0.1) is 0 Å². The summed E-state index contributed by atoms with van der Waals surface area (Å²) in [5.41, 5.74) is 3.57. The Kier molecular flexibility index (Phi) is 4.24. The highest BCUT2D eigenvalue weighted by Gasteiger charge is 2.20. The van der Waals surface area contributed by atoms with Crippen molar-refractivity contribution in [3.8, 4) is 22.7 Å². The molecule has 2 aromatic heterocycles. The number of fused-ring (bicyclic) bond motifs is 1.